The van der Waals surface area contributed by atoms with Gasteiger partial charge in [-0.15, -0.1) is 6.58 Å². The van der Waals surface area contributed by atoms with Gasteiger partial charge in [-0.2, -0.15) is 0 Å². The van der Waals surface area contributed by atoms with E-state index >= 15 is 0 Å². The summed E-state index contributed by atoms with van der Waals surface area (Å²) in [5, 5.41) is 1.14. The van der Waals surface area contributed by atoms with Crippen LogP contribution in [0, 0.1) is 0 Å². The standard InChI is InChI=1S/C14H16N2/c1-10(2)9-13(15)11-7-8-16-14-6-4-3-5-12(11)14/h3-8,13H,1,9,15H2,2H3/t13-/m0/s1. The predicted molar refractivity (Wildman–Crippen MR) is 68.1 cm³/mol. The molecule has 0 unspecified atom stereocenters. The van der Waals surface area contributed by atoms with Crippen molar-refractivity contribution in [3.63, 3.8) is 0 Å². The summed E-state index contributed by atoms with van der Waals surface area (Å²) in [6.45, 7) is 5.91. The first kappa shape index (κ1) is 10.8. The van der Waals surface area contributed by atoms with Crippen LogP contribution >= 0.6 is 0 Å². The molecule has 2 N–H and O–H groups in total. The Morgan fingerprint density at radius 2 is 2.12 bits per heavy atom. The average Bonchev–Trinajstić information content (AvgIpc) is 2.27. The number of aromatic nitrogens is 1. The van der Waals surface area contributed by atoms with Gasteiger partial charge in [0.05, 0.1) is 5.52 Å². The Morgan fingerprint density at radius 1 is 1.38 bits per heavy atom. The van der Waals surface area contributed by atoms with Crippen LogP contribution in [0.1, 0.15) is 24.9 Å². The molecule has 16 heavy (non-hydrogen) atoms. The van der Waals surface area contributed by atoms with Crippen LogP contribution in [0.15, 0.2) is 48.7 Å². The van der Waals surface area contributed by atoms with Gasteiger partial charge < -0.3 is 5.73 Å². The second kappa shape index (κ2) is 4.45. The topological polar surface area (TPSA) is 38.9 Å². The zero-order valence-electron chi connectivity index (χ0n) is 9.48. The summed E-state index contributed by atoms with van der Waals surface area (Å²) in [6.07, 6.45) is 2.63. The van der Waals surface area contributed by atoms with Crippen LogP contribution in [-0.4, -0.2) is 4.98 Å². The molecule has 0 amide bonds. The zero-order chi connectivity index (χ0) is 11.5. The first-order valence-corrected chi connectivity index (χ1v) is 5.42. The third-order valence-electron chi connectivity index (χ3n) is 2.65. The number of pyridine rings is 1. The van der Waals surface area contributed by atoms with E-state index in [9.17, 15) is 0 Å². The quantitative estimate of drug-likeness (QED) is 0.793. The van der Waals surface area contributed by atoms with Crippen molar-refractivity contribution in [2.75, 3.05) is 0 Å². The SMILES string of the molecule is C=C(C)C[C@H](N)c1ccnc2ccccc12. The fraction of sp³-hybridized carbons (Fsp3) is 0.214. The highest BCUT2D eigenvalue weighted by Gasteiger charge is 2.09. The van der Waals surface area contributed by atoms with Crippen molar-refractivity contribution < 1.29 is 0 Å². The highest BCUT2D eigenvalue weighted by Crippen LogP contribution is 2.24. The van der Waals surface area contributed by atoms with Gasteiger partial charge in [-0.1, -0.05) is 23.8 Å². The average molecular weight is 212 g/mol. The van der Waals surface area contributed by atoms with Crippen molar-refractivity contribution in [3.05, 3.63) is 54.2 Å². The second-order valence-electron chi connectivity index (χ2n) is 4.19. The third-order valence-corrected chi connectivity index (χ3v) is 2.65. The fourth-order valence-electron chi connectivity index (χ4n) is 1.93. The van der Waals surface area contributed by atoms with Gasteiger partial charge in [-0.05, 0) is 31.0 Å². The normalized spacial score (nSPS) is 12.6. The molecule has 0 bridgehead atoms. The first-order chi connectivity index (χ1) is 7.68. The van der Waals surface area contributed by atoms with E-state index in [1.165, 1.54) is 0 Å². The summed E-state index contributed by atoms with van der Waals surface area (Å²) in [6, 6.07) is 10.1. The maximum atomic E-state index is 6.17. The monoisotopic (exact) mass is 212 g/mol. The Bertz CT molecular complexity index is 512. The van der Waals surface area contributed by atoms with E-state index in [2.05, 4.69) is 17.6 Å². The first-order valence-electron chi connectivity index (χ1n) is 5.42. The van der Waals surface area contributed by atoms with Gasteiger partial charge in [0.25, 0.3) is 0 Å². The number of rotatable bonds is 3. The molecule has 0 aliphatic rings. The van der Waals surface area contributed by atoms with E-state index < -0.39 is 0 Å². The molecule has 2 heteroatoms. The Balaban J connectivity index is 2.47. The van der Waals surface area contributed by atoms with Crippen LogP contribution in [0.4, 0.5) is 0 Å². The summed E-state index contributed by atoms with van der Waals surface area (Å²) in [7, 11) is 0. The zero-order valence-corrected chi connectivity index (χ0v) is 9.48. The molecule has 1 aromatic heterocycles. The number of benzene rings is 1. The molecule has 0 radical (unpaired) electrons. The number of para-hydroxylation sites is 1. The molecule has 0 fully saturated rings. The minimum Gasteiger partial charge on any atom is -0.324 e. The third kappa shape index (κ3) is 2.12. The molecule has 2 rings (SSSR count). The minimum absolute atomic E-state index is 0.00500. The molecule has 2 nitrogen and oxygen atoms in total. The Hall–Kier alpha value is -1.67. The molecule has 1 aromatic carbocycles. The molecule has 2 aromatic rings. The van der Waals surface area contributed by atoms with E-state index in [4.69, 9.17) is 5.73 Å². The summed E-state index contributed by atoms with van der Waals surface area (Å²) < 4.78 is 0. The number of fused-ring (bicyclic) bond motifs is 1. The lowest BCUT2D eigenvalue weighted by atomic mass is 9.98. The van der Waals surface area contributed by atoms with Crippen LogP contribution in [-0.2, 0) is 0 Å². The molecule has 82 valence electrons. The van der Waals surface area contributed by atoms with Crippen LogP contribution in [0.5, 0.6) is 0 Å². The van der Waals surface area contributed by atoms with Gasteiger partial charge in [0, 0.05) is 17.6 Å². The van der Waals surface area contributed by atoms with Crippen molar-refractivity contribution >= 4 is 10.9 Å². The predicted octanol–water partition coefficient (Wildman–Crippen LogP) is 3.20. The van der Waals surface area contributed by atoms with Crippen LogP contribution in [0.25, 0.3) is 10.9 Å². The minimum atomic E-state index is 0.00500. The molecular formula is C14H16N2. The van der Waals surface area contributed by atoms with Gasteiger partial charge in [0.15, 0.2) is 0 Å². The van der Waals surface area contributed by atoms with Gasteiger partial charge in [-0.25, -0.2) is 0 Å². The van der Waals surface area contributed by atoms with Crippen LogP contribution < -0.4 is 5.73 Å². The highest BCUT2D eigenvalue weighted by atomic mass is 14.7. The Morgan fingerprint density at radius 3 is 2.88 bits per heavy atom. The maximum absolute atomic E-state index is 6.17. The highest BCUT2D eigenvalue weighted by molar-refractivity contribution is 5.82. The lowest BCUT2D eigenvalue weighted by Gasteiger charge is -2.14. The lowest BCUT2D eigenvalue weighted by molar-refractivity contribution is 0.722. The van der Waals surface area contributed by atoms with E-state index in [1.54, 1.807) is 0 Å². The van der Waals surface area contributed by atoms with Gasteiger partial charge >= 0.3 is 0 Å². The maximum Gasteiger partial charge on any atom is 0.0705 e. The lowest BCUT2D eigenvalue weighted by Crippen LogP contribution is -2.11. The molecule has 0 aliphatic heterocycles. The largest absolute Gasteiger partial charge is 0.324 e. The molecule has 0 spiro atoms. The van der Waals surface area contributed by atoms with Gasteiger partial charge in [-0.3, -0.25) is 4.98 Å². The summed E-state index contributed by atoms with van der Waals surface area (Å²) in [5.41, 5.74) is 9.42. The van der Waals surface area contributed by atoms with Crippen molar-refractivity contribution in [3.8, 4) is 0 Å². The summed E-state index contributed by atoms with van der Waals surface area (Å²) in [5.74, 6) is 0. The summed E-state index contributed by atoms with van der Waals surface area (Å²) in [4.78, 5) is 4.33. The Labute approximate surface area is 95.8 Å². The van der Waals surface area contributed by atoms with Crippen molar-refractivity contribution in [2.24, 2.45) is 5.73 Å². The molecule has 1 heterocycles. The van der Waals surface area contributed by atoms with Gasteiger partial charge in [0.2, 0.25) is 0 Å². The van der Waals surface area contributed by atoms with Crippen LogP contribution in [0.3, 0.4) is 0 Å². The fourth-order valence-corrected chi connectivity index (χ4v) is 1.93. The second-order valence-corrected chi connectivity index (χ2v) is 4.19. The van der Waals surface area contributed by atoms with Crippen molar-refractivity contribution in [1.29, 1.82) is 0 Å². The number of nitrogens with zero attached hydrogens (tertiary/aromatic N) is 1. The van der Waals surface area contributed by atoms with Crippen LogP contribution in [0.2, 0.25) is 0 Å². The van der Waals surface area contributed by atoms with E-state index in [1.807, 2.05) is 37.4 Å². The molecule has 0 saturated carbocycles. The Kier molecular flexibility index (Phi) is 3.02. The number of nitrogens with two attached hydrogens (primary N) is 1. The van der Waals surface area contributed by atoms with Gasteiger partial charge in [0.1, 0.15) is 0 Å². The van der Waals surface area contributed by atoms with E-state index in [0.29, 0.717) is 0 Å². The molecule has 0 aliphatic carbocycles. The van der Waals surface area contributed by atoms with Crippen molar-refractivity contribution in [1.82, 2.24) is 4.98 Å². The molecular weight excluding hydrogens is 196 g/mol. The number of hydrogen-bond donors (Lipinski definition) is 1. The molecule has 1 atom stereocenters. The molecule has 0 saturated heterocycles. The summed E-state index contributed by atoms with van der Waals surface area (Å²) >= 11 is 0. The number of hydrogen-bond acceptors (Lipinski definition) is 2. The smallest absolute Gasteiger partial charge is 0.0705 e. The van der Waals surface area contributed by atoms with E-state index in [0.717, 1.165) is 28.5 Å². The van der Waals surface area contributed by atoms with Crippen molar-refractivity contribution in [2.45, 2.75) is 19.4 Å². The van der Waals surface area contributed by atoms with E-state index in [-0.39, 0.29) is 6.04 Å².